The van der Waals surface area contributed by atoms with E-state index in [0.717, 1.165) is 16.0 Å². The van der Waals surface area contributed by atoms with E-state index in [2.05, 4.69) is 25.5 Å². The van der Waals surface area contributed by atoms with Crippen LogP contribution in [0.25, 0.3) is 11.0 Å². The van der Waals surface area contributed by atoms with Crippen LogP contribution in [-0.4, -0.2) is 31.4 Å². The van der Waals surface area contributed by atoms with Crippen molar-refractivity contribution in [2.45, 2.75) is 6.54 Å². The van der Waals surface area contributed by atoms with Crippen molar-refractivity contribution in [2.75, 3.05) is 0 Å². The van der Waals surface area contributed by atoms with E-state index in [1.54, 1.807) is 17.2 Å². The van der Waals surface area contributed by atoms with E-state index in [1.165, 1.54) is 11.3 Å². The van der Waals surface area contributed by atoms with Crippen molar-refractivity contribution in [3.8, 4) is 0 Å². The highest BCUT2D eigenvalue weighted by atomic mass is 32.1. The molecule has 4 rings (SSSR count). The molecule has 0 radical (unpaired) electrons. The first-order valence-corrected chi connectivity index (χ1v) is 7.38. The van der Waals surface area contributed by atoms with Crippen LogP contribution >= 0.6 is 11.3 Å². The Hall–Kier alpha value is -2.87. The number of furan rings is 1. The van der Waals surface area contributed by atoms with Gasteiger partial charge in [-0.2, -0.15) is 0 Å². The fraction of sp³-hybridized carbons (Fsp3) is 0.0714. The average Bonchev–Trinajstić information content (AvgIpc) is 3.27. The summed E-state index contributed by atoms with van der Waals surface area (Å²) in [5.41, 5.74) is 1.83. The third kappa shape index (κ3) is 2.51. The highest BCUT2D eigenvalue weighted by Crippen LogP contribution is 2.20. The fourth-order valence-electron chi connectivity index (χ4n) is 2.01. The molecule has 0 bridgehead atoms. The Balaban J connectivity index is 1.54. The van der Waals surface area contributed by atoms with Gasteiger partial charge in [-0.15, -0.1) is 15.3 Å². The molecule has 0 amide bonds. The lowest BCUT2D eigenvalue weighted by molar-refractivity contribution is 0.560. The van der Waals surface area contributed by atoms with Crippen molar-refractivity contribution in [3.63, 3.8) is 0 Å². The predicted molar refractivity (Wildman–Crippen MR) is 82.5 cm³/mol. The largest absolute Gasteiger partial charge is 0.463 e. The molecule has 0 spiro atoms. The molecule has 3 heterocycles. The van der Waals surface area contributed by atoms with Crippen molar-refractivity contribution in [1.29, 1.82) is 0 Å². The van der Waals surface area contributed by atoms with Crippen LogP contribution in [-0.2, 0) is 6.54 Å². The Labute approximate surface area is 128 Å². The minimum atomic E-state index is 0.522. The van der Waals surface area contributed by atoms with Crippen molar-refractivity contribution in [1.82, 2.24) is 25.2 Å². The predicted octanol–water partition coefficient (Wildman–Crippen LogP) is 2.67. The molecule has 108 valence electrons. The summed E-state index contributed by atoms with van der Waals surface area (Å²) >= 11 is 1.41. The van der Waals surface area contributed by atoms with Gasteiger partial charge in [-0.25, -0.2) is 9.67 Å². The first-order chi connectivity index (χ1) is 10.9. The van der Waals surface area contributed by atoms with Gasteiger partial charge in [-0.1, -0.05) is 28.7 Å². The van der Waals surface area contributed by atoms with Gasteiger partial charge in [0.2, 0.25) is 5.13 Å². The Bertz CT molecular complexity index is 924. The molecular formula is C14H10N6OS. The maximum Gasteiger partial charge on any atom is 0.231 e. The summed E-state index contributed by atoms with van der Waals surface area (Å²) in [6.45, 7) is 0.522. The van der Waals surface area contributed by atoms with Crippen LogP contribution in [0.2, 0.25) is 0 Å². The Morgan fingerprint density at radius 3 is 3.00 bits per heavy atom. The summed E-state index contributed by atoms with van der Waals surface area (Å²) in [6, 6.07) is 11.4. The number of benzene rings is 1. The van der Waals surface area contributed by atoms with Crippen molar-refractivity contribution in [2.24, 2.45) is 4.99 Å². The summed E-state index contributed by atoms with van der Waals surface area (Å²) in [7, 11) is 0. The maximum atomic E-state index is 5.18. The molecule has 22 heavy (non-hydrogen) atoms. The lowest BCUT2D eigenvalue weighted by Gasteiger charge is -1.96. The van der Waals surface area contributed by atoms with Gasteiger partial charge in [-0.05, 0) is 24.3 Å². The highest BCUT2D eigenvalue weighted by molar-refractivity contribution is 7.14. The number of para-hydroxylation sites is 1. The summed E-state index contributed by atoms with van der Waals surface area (Å²) < 4.78 is 6.98. The lowest BCUT2D eigenvalue weighted by atomic mass is 10.3. The van der Waals surface area contributed by atoms with Crippen molar-refractivity contribution < 1.29 is 4.42 Å². The second-order valence-corrected chi connectivity index (χ2v) is 5.53. The van der Waals surface area contributed by atoms with Crippen LogP contribution in [0, 0.1) is 0 Å². The molecule has 0 saturated carbocycles. The summed E-state index contributed by atoms with van der Waals surface area (Å²) in [5, 5.41) is 17.8. The third-order valence-electron chi connectivity index (χ3n) is 3.01. The standard InChI is InChI=1S/C14H10N6OS/c1-2-6-12-11(5-1)16-19-20(12)9-13-17-18-14(22-13)15-8-10-4-3-7-21-10/h1-8H,9H2/b15-8+. The van der Waals surface area contributed by atoms with Crippen LogP contribution in [0.5, 0.6) is 0 Å². The average molecular weight is 310 g/mol. The Morgan fingerprint density at radius 1 is 1.14 bits per heavy atom. The van der Waals surface area contributed by atoms with Crippen molar-refractivity contribution >= 4 is 33.7 Å². The van der Waals surface area contributed by atoms with Crippen LogP contribution < -0.4 is 0 Å². The molecule has 0 fully saturated rings. The zero-order valence-electron chi connectivity index (χ0n) is 11.3. The number of hydrogen-bond acceptors (Lipinski definition) is 7. The molecule has 0 N–H and O–H groups in total. The van der Waals surface area contributed by atoms with Gasteiger partial charge in [0.1, 0.15) is 16.3 Å². The lowest BCUT2D eigenvalue weighted by Crippen LogP contribution is -2.01. The van der Waals surface area contributed by atoms with E-state index >= 15 is 0 Å². The molecule has 0 aliphatic carbocycles. The van der Waals surface area contributed by atoms with Crippen LogP contribution in [0.1, 0.15) is 10.8 Å². The third-order valence-corrected chi connectivity index (χ3v) is 3.82. The Morgan fingerprint density at radius 2 is 2.09 bits per heavy atom. The van der Waals surface area contributed by atoms with E-state index in [0.29, 0.717) is 17.4 Å². The number of aliphatic imine (C=N–C) groups is 1. The molecule has 0 saturated heterocycles. The molecule has 0 unspecified atom stereocenters. The van der Waals surface area contributed by atoms with Crippen LogP contribution in [0.15, 0.2) is 52.1 Å². The molecule has 0 aliphatic rings. The van der Waals surface area contributed by atoms with Gasteiger partial charge in [-0.3, -0.25) is 0 Å². The van der Waals surface area contributed by atoms with E-state index in [-0.39, 0.29) is 0 Å². The topological polar surface area (TPSA) is 82.0 Å². The summed E-state index contributed by atoms with van der Waals surface area (Å²) in [5.74, 6) is 0.680. The maximum absolute atomic E-state index is 5.18. The second-order valence-electron chi connectivity index (χ2n) is 4.49. The molecule has 0 atom stereocenters. The van der Waals surface area contributed by atoms with E-state index in [4.69, 9.17) is 4.42 Å². The molecule has 3 aromatic heterocycles. The van der Waals surface area contributed by atoms with E-state index < -0.39 is 0 Å². The number of aromatic nitrogens is 5. The number of nitrogens with zero attached hydrogens (tertiary/aromatic N) is 6. The molecule has 7 nitrogen and oxygen atoms in total. The number of hydrogen-bond donors (Lipinski definition) is 0. The highest BCUT2D eigenvalue weighted by Gasteiger charge is 2.08. The van der Waals surface area contributed by atoms with Crippen molar-refractivity contribution in [3.05, 3.63) is 53.4 Å². The molecule has 1 aromatic carbocycles. The first-order valence-electron chi connectivity index (χ1n) is 6.57. The van der Waals surface area contributed by atoms with Gasteiger partial charge in [0.25, 0.3) is 0 Å². The number of rotatable bonds is 4. The fourth-order valence-corrected chi connectivity index (χ4v) is 2.67. The van der Waals surface area contributed by atoms with E-state index in [1.807, 2.05) is 36.4 Å². The second kappa shape index (κ2) is 5.49. The summed E-state index contributed by atoms with van der Waals surface area (Å²) in [6.07, 6.45) is 3.22. The Kier molecular flexibility index (Phi) is 3.20. The summed E-state index contributed by atoms with van der Waals surface area (Å²) in [4.78, 5) is 4.24. The molecular weight excluding hydrogens is 300 g/mol. The van der Waals surface area contributed by atoms with Gasteiger partial charge in [0.05, 0.1) is 24.5 Å². The van der Waals surface area contributed by atoms with Gasteiger partial charge in [0.15, 0.2) is 0 Å². The smallest absolute Gasteiger partial charge is 0.231 e. The minimum absolute atomic E-state index is 0.522. The van der Waals surface area contributed by atoms with Gasteiger partial charge < -0.3 is 4.42 Å². The quantitative estimate of drug-likeness (QED) is 0.541. The molecule has 0 aliphatic heterocycles. The zero-order chi connectivity index (χ0) is 14.8. The van der Waals surface area contributed by atoms with Crippen LogP contribution in [0.3, 0.4) is 0 Å². The molecule has 8 heteroatoms. The number of fused-ring (bicyclic) bond motifs is 1. The van der Waals surface area contributed by atoms with Crippen LogP contribution in [0.4, 0.5) is 5.13 Å². The zero-order valence-corrected chi connectivity index (χ0v) is 12.1. The minimum Gasteiger partial charge on any atom is -0.463 e. The monoisotopic (exact) mass is 310 g/mol. The van der Waals surface area contributed by atoms with Gasteiger partial charge in [0, 0.05) is 0 Å². The SMILES string of the molecule is C(=N\c1nnc(Cn2nnc3ccccc32)s1)/c1ccco1. The normalized spacial score (nSPS) is 11.6. The molecule has 4 aromatic rings. The van der Waals surface area contributed by atoms with Gasteiger partial charge >= 0.3 is 0 Å². The first kappa shape index (κ1) is 12.8. The van der Waals surface area contributed by atoms with E-state index in [9.17, 15) is 0 Å².